The standard InChI is InChI=1S/C16H14ClN3O/c1-21-13-5-3-2-4-10(13)12-7-9-15-18-11-6-8-14(17)19-16(11)20(12)15/h2-6,8,12H,7,9H2,1H3. The fourth-order valence-electron chi connectivity index (χ4n) is 3.13. The Labute approximate surface area is 127 Å². The van der Waals surface area contributed by atoms with Crippen LogP contribution in [0.2, 0.25) is 5.15 Å². The van der Waals surface area contributed by atoms with Crippen LogP contribution in [0.25, 0.3) is 11.2 Å². The summed E-state index contributed by atoms with van der Waals surface area (Å²) in [6.07, 6.45) is 1.95. The molecule has 0 bridgehead atoms. The molecule has 1 atom stereocenters. The zero-order valence-corrected chi connectivity index (χ0v) is 12.3. The van der Waals surface area contributed by atoms with Crippen molar-refractivity contribution in [2.75, 3.05) is 7.11 Å². The molecule has 4 rings (SSSR count). The Bertz CT molecular complexity index is 828. The number of benzene rings is 1. The summed E-state index contributed by atoms with van der Waals surface area (Å²) < 4.78 is 7.70. The van der Waals surface area contributed by atoms with Gasteiger partial charge in [0.2, 0.25) is 0 Å². The molecule has 0 amide bonds. The topological polar surface area (TPSA) is 39.9 Å². The van der Waals surface area contributed by atoms with Crippen molar-refractivity contribution in [3.8, 4) is 5.75 Å². The minimum atomic E-state index is 0.201. The van der Waals surface area contributed by atoms with Crippen LogP contribution in [0.4, 0.5) is 0 Å². The lowest BCUT2D eigenvalue weighted by atomic mass is 10.0. The molecule has 21 heavy (non-hydrogen) atoms. The summed E-state index contributed by atoms with van der Waals surface area (Å²) in [5.41, 5.74) is 2.92. The van der Waals surface area contributed by atoms with E-state index < -0.39 is 0 Å². The summed E-state index contributed by atoms with van der Waals surface area (Å²) in [6.45, 7) is 0. The molecule has 2 aromatic heterocycles. The summed E-state index contributed by atoms with van der Waals surface area (Å²) in [5.74, 6) is 1.97. The molecule has 0 spiro atoms. The zero-order chi connectivity index (χ0) is 14.4. The quantitative estimate of drug-likeness (QED) is 0.678. The monoisotopic (exact) mass is 299 g/mol. The highest BCUT2D eigenvalue weighted by atomic mass is 35.5. The van der Waals surface area contributed by atoms with Crippen molar-refractivity contribution < 1.29 is 4.74 Å². The van der Waals surface area contributed by atoms with E-state index in [2.05, 4.69) is 20.6 Å². The smallest absolute Gasteiger partial charge is 0.162 e. The summed E-state index contributed by atoms with van der Waals surface area (Å²) in [4.78, 5) is 9.13. The van der Waals surface area contributed by atoms with E-state index in [-0.39, 0.29) is 6.04 Å². The predicted octanol–water partition coefficient (Wildman–Crippen LogP) is 3.63. The molecule has 1 aromatic carbocycles. The molecule has 0 saturated carbocycles. The first-order valence-corrected chi connectivity index (χ1v) is 7.32. The van der Waals surface area contributed by atoms with Crippen LogP contribution in [0.3, 0.4) is 0 Å². The number of aryl methyl sites for hydroxylation is 1. The highest BCUT2D eigenvalue weighted by Crippen LogP contribution is 2.38. The van der Waals surface area contributed by atoms with E-state index in [0.29, 0.717) is 5.15 Å². The lowest BCUT2D eigenvalue weighted by molar-refractivity contribution is 0.403. The van der Waals surface area contributed by atoms with Crippen molar-refractivity contribution in [3.63, 3.8) is 0 Å². The number of para-hydroxylation sites is 1. The van der Waals surface area contributed by atoms with Crippen LogP contribution in [-0.4, -0.2) is 21.6 Å². The van der Waals surface area contributed by atoms with E-state index in [9.17, 15) is 0 Å². The van der Waals surface area contributed by atoms with Gasteiger partial charge < -0.3 is 9.30 Å². The molecule has 0 N–H and O–H groups in total. The first-order valence-electron chi connectivity index (χ1n) is 6.94. The molecule has 0 aliphatic carbocycles. The normalized spacial score (nSPS) is 17.1. The van der Waals surface area contributed by atoms with Gasteiger partial charge in [-0.05, 0) is 24.6 Å². The maximum absolute atomic E-state index is 6.05. The second-order valence-corrected chi connectivity index (χ2v) is 5.56. The molecule has 0 saturated heterocycles. The van der Waals surface area contributed by atoms with Crippen molar-refractivity contribution in [2.24, 2.45) is 0 Å². The van der Waals surface area contributed by atoms with Crippen LogP contribution < -0.4 is 4.74 Å². The molecule has 5 heteroatoms. The first kappa shape index (κ1) is 12.7. The van der Waals surface area contributed by atoms with Crippen LogP contribution >= 0.6 is 11.6 Å². The van der Waals surface area contributed by atoms with E-state index >= 15 is 0 Å². The van der Waals surface area contributed by atoms with Gasteiger partial charge in [-0.2, -0.15) is 0 Å². The molecule has 4 nitrogen and oxygen atoms in total. The van der Waals surface area contributed by atoms with Crippen molar-refractivity contribution in [1.82, 2.24) is 14.5 Å². The Balaban J connectivity index is 1.93. The molecule has 0 fully saturated rings. The number of aromatic nitrogens is 3. The second kappa shape index (κ2) is 4.74. The third-order valence-electron chi connectivity index (χ3n) is 4.03. The third kappa shape index (κ3) is 1.90. The van der Waals surface area contributed by atoms with E-state index in [1.165, 1.54) is 5.56 Å². The number of nitrogens with zero attached hydrogens (tertiary/aromatic N) is 3. The van der Waals surface area contributed by atoms with Crippen LogP contribution in [0.15, 0.2) is 36.4 Å². The van der Waals surface area contributed by atoms with Crippen molar-refractivity contribution in [3.05, 3.63) is 52.9 Å². The average Bonchev–Trinajstić information content (AvgIpc) is 3.06. The third-order valence-corrected chi connectivity index (χ3v) is 4.24. The minimum absolute atomic E-state index is 0.201. The SMILES string of the molecule is COc1ccccc1C1CCc2nc3ccc(Cl)nc3n21. The highest BCUT2D eigenvalue weighted by Gasteiger charge is 2.29. The number of pyridine rings is 1. The van der Waals surface area contributed by atoms with Gasteiger partial charge >= 0.3 is 0 Å². The maximum atomic E-state index is 6.05. The number of methoxy groups -OCH3 is 1. The summed E-state index contributed by atoms with van der Waals surface area (Å²) in [6, 6.07) is 12.0. The summed E-state index contributed by atoms with van der Waals surface area (Å²) in [7, 11) is 1.70. The Morgan fingerprint density at radius 3 is 2.90 bits per heavy atom. The van der Waals surface area contributed by atoms with E-state index in [1.54, 1.807) is 13.2 Å². The molecule has 0 radical (unpaired) electrons. The van der Waals surface area contributed by atoms with Crippen LogP contribution in [0, 0.1) is 0 Å². The lowest BCUT2D eigenvalue weighted by Crippen LogP contribution is -2.08. The number of hydrogen-bond donors (Lipinski definition) is 0. The van der Waals surface area contributed by atoms with E-state index in [4.69, 9.17) is 16.3 Å². The number of hydrogen-bond acceptors (Lipinski definition) is 3. The molecule has 1 aliphatic heterocycles. The molecule has 3 heterocycles. The molecule has 1 unspecified atom stereocenters. The van der Waals surface area contributed by atoms with Crippen LogP contribution in [0.5, 0.6) is 5.75 Å². The number of fused-ring (bicyclic) bond motifs is 3. The van der Waals surface area contributed by atoms with Gasteiger partial charge in [-0.3, -0.25) is 0 Å². The first-order chi connectivity index (χ1) is 10.3. The molecular formula is C16H14ClN3O. The van der Waals surface area contributed by atoms with Crippen molar-refractivity contribution in [2.45, 2.75) is 18.9 Å². The Kier molecular flexibility index (Phi) is 2.86. The van der Waals surface area contributed by atoms with Gasteiger partial charge in [0, 0.05) is 12.0 Å². The zero-order valence-electron chi connectivity index (χ0n) is 11.6. The highest BCUT2D eigenvalue weighted by molar-refractivity contribution is 6.29. The maximum Gasteiger partial charge on any atom is 0.162 e. The molecule has 3 aromatic rings. The van der Waals surface area contributed by atoms with Gasteiger partial charge in [0.25, 0.3) is 0 Å². The summed E-state index contributed by atoms with van der Waals surface area (Å²) in [5, 5.41) is 0.496. The summed E-state index contributed by atoms with van der Waals surface area (Å²) >= 11 is 6.05. The molecule has 1 aliphatic rings. The van der Waals surface area contributed by atoms with E-state index in [1.807, 2.05) is 24.3 Å². The fourth-order valence-corrected chi connectivity index (χ4v) is 3.28. The average molecular weight is 300 g/mol. The van der Waals surface area contributed by atoms with Crippen molar-refractivity contribution >= 4 is 22.8 Å². The Morgan fingerprint density at radius 2 is 2.05 bits per heavy atom. The largest absolute Gasteiger partial charge is 0.496 e. The van der Waals surface area contributed by atoms with Gasteiger partial charge in [0.05, 0.1) is 13.2 Å². The number of imidazole rings is 1. The van der Waals surface area contributed by atoms with Gasteiger partial charge in [0.1, 0.15) is 22.2 Å². The fraction of sp³-hybridized carbons (Fsp3) is 0.250. The Hall–Kier alpha value is -2.07. The van der Waals surface area contributed by atoms with E-state index in [0.717, 1.165) is 35.6 Å². The molecule has 106 valence electrons. The van der Waals surface area contributed by atoms with Gasteiger partial charge in [0.15, 0.2) is 5.65 Å². The lowest BCUT2D eigenvalue weighted by Gasteiger charge is -2.17. The van der Waals surface area contributed by atoms with Gasteiger partial charge in [-0.1, -0.05) is 29.8 Å². The number of ether oxygens (including phenoxy) is 1. The van der Waals surface area contributed by atoms with Gasteiger partial charge in [-0.15, -0.1) is 0 Å². The Morgan fingerprint density at radius 1 is 1.19 bits per heavy atom. The van der Waals surface area contributed by atoms with Gasteiger partial charge in [-0.25, -0.2) is 9.97 Å². The second-order valence-electron chi connectivity index (χ2n) is 5.17. The van der Waals surface area contributed by atoms with Crippen LogP contribution in [-0.2, 0) is 6.42 Å². The number of halogens is 1. The van der Waals surface area contributed by atoms with Crippen LogP contribution in [0.1, 0.15) is 23.9 Å². The number of rotatable bonds is 2. The minimum Gasteiger partial charge on any atom is -0.496 e. The van der Waals surface area contributed by atoms with Crippen molar-refractivity contribution in [1.29, 1.82) is 0 Å². The predicted molar refractivity (Wildman–Crippen MR) is 82.0 cm³/mol. The molecular weight excluding hydrogens is 286 g/mol.